The molecule has 9 heteroatoms. The Kier molecular flexibility index (Phi) is 5.08. The molecule has 146 valence electrons. The van der Waals surface area contributed by atoms with Gasteiger partial charge in [-0.25, -0.2) is 4.98 Å². The number of fused-ring (bicyclic) bond motifs is 1. The lowest BCUT2D eigenvalue weighted by Crippen LogP contribution is -2.06. The number of benzene rings is 2. The van der Waals surface area contributed by atoms with Gasteiger partial charge in [-0.2, -0.15) is 13.2 Å². The number of aromatic nitrogens is 1. The van der Waals surface area contributed by atoms with Crippen molar-refractivity contribution in [3.8, 4) is 11.5 Å². The summed E-state index contributed by atoms with van der Waals surface area (Å²) < 4.78 is 49.7. The Morgan fingerprint density at radius 2 is 1.96 bits per heavy atom. The van der Waals surface area contributed by atoms with E-state index >= 15 is 0 Å². The topological polar surface area (TPSA) is 74.5 Å². The van der Waals surface area contributed by atoms with Crippen LogP contribution in [-0.2, 0) is 12.8 Å². The molecule has 0 aliphatic heterocycles. The molecule has 0 saturated carbocycles. The van der Waals surface area contributed by atoms with Crippen LogP contribution >= 0.6 is 0 Å². The number of nitro benzene ring substituents is 1. The average Bonchev–Trinajstić information content (AvgIpc) is 2.65. The first-order chi connectivity index (χ1) is 13.2. The van der Waals surface area contributed by atoms with Gasteiger partial charge in [0.15, 0.2) is 17.0 Å². The first-order valence-corrected chi connectivity index (χ1v) is 8.12. The molecule has 0 fully saturated rings. The third-order valence-corrected chi connectivity index (χ3v) is 4.17. The minimum absolute atomic E-state index is 0.0993. The van der Waals surface area contributed by atoms with Crippen LogP contribution in [0.1, 0.15) is 16.7 Å². The fourth-order valence-electron chi connectivity index (χ4n) is 2.85. The van der Waals surface area contributed by atoms with Crippen LogP contribution in [0.15, 0.2) is 42.6 Å². The summed E-state index contributed by atoms with van der Waals surface area (Å²) >= 11 is 0. The van der Waals surface area contributed by atoms with E-state index in [1.54, 1.807) is 13.0 Å². The second-order valence-corrected chi connectivity index (χ2v) is 6.02. The molecule has 2 aromatic carbocycles. The molecule has 6 nitrogen and oxygen atoms in total. The molecule has 0 radical (unpaired) electrons. The number of nitrogens with zero attached hydrogens (tertiary/aromatic N) is 2. The highest BCUT2D eigenvalue weighted by Gasteiger charge is 2.30. The van der Waals surface area contributed by atoms with Crippen molar-refractivity contribution in [1.82, 2.24) is 4.98 Å². The largest absolute Gasteiger partial charge is 0.493 e. The molecular formula is C19H15F3N2O4. The fraction of sp³-hybridized carbons (Fsp3) is 0.211. The number of pyridine rings is 1. The summed E-state index contributed by atoms with van der Waals surface area (Å²) in [5.74, 6) is 0.286. The van der Waals surface area contributed by atoms with Gasteiger partial charge in [0.25, 0.3) is 5.69 Å². The summed E-state index contributed by atoms with van der Waals surface area (Å²) in [6.45, 7) is 1.55. The molecule has 0 aliphatic rings. The summed E-state index contributed by atoms with van der Waals surface area (Å²) in [5.41, 5.74) is 0.0368. The van der Waals surface area contributed by atoms with Crippen LogP contribution < -0.4 is 9.47 Å². The van der Waals surface area contributed by atoms with Gasteiger partial charge in [-0.05, 0) is 36.2 Å². The standard InChI is InChI=1S/C19H15F3N2O4/c1-11-6-7-23-17-14(24(25)26)9-15(27-2)18(16(11)17)28-10-12-4-3-5-13(8-12)19(20,21)22/h3-9H,10H2,1-2H3. The van der Waals surface area contributed by atoms with Crippen molar-refractivity contribution in [2.75, 3.05) is 7.11 Å². The van der Waals surface area contributed by atoms with Crippen molar-refractivity contribution in [3.63, 3.8) is 0 Å². The Morgan fingerprint density at radius 1 is 1.21 bits per heavy atom. The van der Waals surface area contributed by atoms with Crippen LogP contribution in [0.25, 0.3) is 10.9 Å². The fourth-order valence-corrected chi connectivity index (χ4v) is 2.85. The Hall–Kier alpha value is -3.36. The lowest BCUT2D eigenvalue weighted by Gasteiger charge is -2.15. The predicted molar refractivity (Wildman–Crippen MR) is 95.5 cm³/mol. The van der Waals surface area contributed by atoms with Crippen LogP contribution in [-0.4, -0.2) is 17.0 Å². The molecular weight excluding hydrogens is 377 g/mol. The van der Waals surface area contributed by atoms with Crippen molar-refractivity contribution in [1.29, 1.82) is 0 Å². The number of hydrogen-bond donors (Lipinski definition) is 0. The minimum atomic E-state index is -4.46. The highest BCUT2D eigenvalue weighted by molar-refractivity contribution is 5.96. The zero-order valence-corrected chi connectivity index (χ0v) is 14.9. The first-order valence-electron chi connectivity index (χ1n) is 8.12. The predicted octanol–water partition coefficient (Wildman–Crippen LogP) is 5.06. The van der Waals surface area contributed by atoms with E-state index in [4.69, 9.17) is 9.47 Å². The Bertz CT molecular complexity index is 1050. The summed E-state index contributed by atoms with van der Waals surface area (Å²) in [6.07, 6.45) is -3.03. The Labute approximate surface area is 157 Å². The van der Waals surface area contributed by atoms with Gasteiger partial charge in [-0.1, -0.05) is 12.1 Å². The van der Waals surface area contributed by atoms with E-state index in [2.05, 4.69) is 4.98 Å². The van der Waals surface area contributed by atoms with E-state index in [-0.39, 0.29) is 29.3 Å². The number of nitro groups is 1. The Balaban J connectivity index is 2.06. The third kappa shape index (κ3) is 3.68. The number of hydrogen-bond acceptors (Lipinski definition) is 5. The van der Waals surface area contributed by atoms with Crippen molar-refractivity contribution in [2.24, 2.45) is 0 Å². The molecule has 1 aromatic heterocycles. The van der Waals surface area contributed by atoms with Gasteiger partial charge < -0.3 is 9.47 Å². The van der Waals surface area contributed by atoms with E-state index in [0.717, 1.165) is 12.1 Å². The monoisotopic (exact) mass is 392 g/mol. The quantitative estimate of drug-likeness (QED) is 0.448. The van der Waals surface area contributed by atoms with Crippen LogP contribution in [0.4, 0.5) is 18.9 Å². The van der Waals surface area contributed by atoms with Crippen molar-refractivity contribution < 1.29 is 27.6 Å². The number of non-ortho nitro benzene ring substituents is 1. The van der Waals surface area contributed by atoms with E-state index in [9.17, 15) is 23.3 Å². The molecule has 3 rings (SSSR count). The summed E-state index contributed by atoms with van der Waals surface area (Å²) in [5, 5.41) is 11.8. The smallest absolute Gasteiger partial charge is 0.416 e. The number of alkyl halides is 3. The molecule has 0 bridgehead atoms. The minimum Gasteiger partial charge on any atom is -0.493 e. The first kappa shape index (κ1) is 19.4. The molecule has 0 spiro atoms. The second kappa shape index (κ2) is 7.34. The zero-order valence-electron chi connectivity index (χ0n) is 14.9. The van der Waals surface area contributed by atoms with Gasteiger partial charge in [-0.3, -0.25) is 10.1 Å². The number of methoxy groups -OCH3 is 1. The van der Waals surface area contributed by atoms with Crippen LogP contribution in [0.5, 0.6) is 11.5 Å². The average molecular weight is 392 g/mol. The molecule has 3 aromatic rings. The molecule has 28 heavy (non-hydrogen) atoms. The summed E-state index contributed by atoms with van der Waals surface area (Å²) in [4.78, 5) is 14.9. The maximum absolute atomic E-state index is 12.9. The summed E-state index contributed by atoms with van der Waals surface area (Å²) in [7, 11) is 1.33. The molecule has 0 unspecified atom stereocenters. The van der Waals surface area contributed by atoms with E-state index in [1.165, 1.54) is 31.5 Å². The lowest BCUT2D eigenvalue weighted by molar-refractivity contribution is -0.383. The Morgan fingerprint density at radius 3 is 2.61 bits per heavy atom. The van der Waals surface area contributed by atoms with Gasteiger partial charge in [0.2, 0.25) is 0 Å². The van der Waals surface area contributed by atoms with Crippen molar-refractivity contribution >= 4 is 16.6 Å². The van der Waals surface area contributed by atoms with E-state index in [0.29, 0.717) is 16.5 Å². The second-order valence-electron chi connectivity index (χ2n) is 6.02. The zero-order chi connectivity index (χ0) is 20.5. The van der Waals surface area contributed by atoms with E-state index < -0.39 is 16.7 Å². The van der Waals surface area contributed by atoms with Gasteiger partial charge >= 0.3 is 6.18 Å². The number of halogens is 3. The SMILES string of the molecule is COc1cc([N+](=O)[O-])c2nccc(C)c2c1OCc1cccc(C(F)(F)F)c1. The number of rotatable bonds is 5. The van der Waals surface area contributed by atoms with Gasteiger partial charge in [0.05, 0.1) is 29.0 Å². The van der Waals surface area contributed by atoms with Crippen molar-refractivity contribution in [2.45, 2.75) is 19.7 Å². The lowest BCUT2D eigenvalue weighted by atomic mass is 10.1. The van der Waals surface area contributed by atoms with Gasteiger partial charge in [-0.15, -0.1) is 0 Å². The maximum Gasteiger partial charge on any atom is 0.416 e. The highest BCUT2D eigenvalue weighted by atomic mass is 19.4. The molecule has 0 N–H and O–H groups in total. The third-order valence-electron chi connectivity index (χ3n) is 4.17. The molecule has 0 saturated heterocycles. The summed E-state index contributed by atoms with van der Waals surface area (Å²) in [6, 6.07) is 7.60. The maximum atomic E-state index is 12.9. The number of aryl methyl sites for hydroxylation is 1. The van der Waals surface area contributed by atoms with Crippen LogP contribution in [0, 0.1) is 17.0 Å². The van der Waals surface area contributed by atoms with Crippen LogP contribution in [0.3, 0.4) is 0 Å². The molecule has 0 aliphatic carbocycles. The van der Waals surface area contributed by atoms with Crippen LogP contribution in [0.2, 0.25) is 0 Å². The normalized spacial score (nSPS) is 11.5. The number of ether oxygens (including phenoxy) is 2. The van der Waals surface area contributed by atoms with E-state index in [1.807, 2.05) is 0 Å². The molecule has 1 heterocycles. The highest BCUT2D eigenvalue weighted by Crippen LogP contribution is 2.42. The van der Waals surface area contributed by atoms with Gasteiger partial charge in [0, 0.05) is 6.20 Å². The molecule has 0 atom stereocenters. The van der Waals surface area contributed by atoms with Gasteiger partial charge in [0.1, 0.15) is 6.61 Å². The van der Waals surface area contributed by atoms with Crippen molar-refractivity contribution in [3.05, 3.63) is 69.4 Å². The molecule has 0 amide bonds.